The standard InChI is InChI=1S/C19H27ClN4O4/c1-14(2)13-28-19(27)24-9-5-8-23(10-11-24)12-17(25)21-22-18(26)15-6-3-4-7-16(15)20/h3-4,6-7,14H,5,8-13H2,1-2H3,(H,21,25)(H,22,26). The van der Waals surface area contributed by atoms with E-state index in [2.05, 4.69) is 10.9 Å². The van der Waals surface area contributed by atoms with Crippen molar-refractivity contribution in [2.45, 2.75) is 20.3 Å². The van der Waals surface area contributed by atoms with Crippen molar-refractivity contribution >= 4 is 29.5 Å². The van der Waals surface area contributed by atoms with Crippen molar-refractivity contribution in [2.24, 2.45) is 5.92 Å². The molecule has 0 spiro atoms. The molecule has 154 valence electrons. The van der Waals surface area contributed by atoms with Gasteiger partial charge in [-0.1, -0.05) is 37.6 Å². The summed E-state index contributed by atoms with van der Waals surface area (Å²) in [6.45, 7) is 6.82. The minimum absolute atomic E-state index is 0.123. The normalized spacial score (nSPS) is 15.1. The van der Waals surface area contributed by atoms with Crippen LogP contribution < -0.4 is 10.9 Å². The van der Waals surface area contributed by atoms with Crippen molar-refractivity contribution in [2.75, 3.05) is 39.3 Å². The molecule has 1 aromatic rings. The zero-order valence-electron chi connectivity index (χ0n) is 16.2. The number of hydrogen-bond acceptors (Lipinski definition) is 5. The van der Waals surface area contributed by atoms with Crippen LogP contribution in [0.3, 0.4) is 0 Å². The molecule has 3 amide bonds. The van der Waals surface area contributed by atoms with Gasteiger partial charge < -0.3 is 9.64 Å². The van der Waals surface area contributed by atoms with Gasteiger partial charge in [0.15, 0.2) is 0 Å². The SMILES string of the molecule is CC(C)COC(=O)N1CCCN(CC(=O)NNC(=O)c2ccccc2Cl)CC1. The summed E-state index contributed by atoms with van der Waals surface area (Å²) in [7, 11) is 0. The Kier molecular flexibility index (Phi) is 8.53. The molecule has 2 N–H and O–H groups in total. The van der Waals surface area contributed by atoms with Gasteiger partial charge in [0.1, 0.15) is 0 Å². The van der Waals surface area contributed by atoms with E-state index in [0.717, 1.165) is 6.42 Å². The Hall–Kier alpha value is -2.32. The number of ether oxygens (including phenoxy) is 1. The number of carbonyl (C=O) groups excluding carboxylic acids is 3. The number of benzene rings is 1. The highest BCUT2D eigenvalue weighted by Crippen LogP contribution is 2.14. The zero-order chi connectivity index (χ0) is 20.5. The molecule has 9 heteroatoms. The van der Waals surface area contributed by atoms with E-state index in [-0.39, 0.29) is 30.0 Å². The first kappa shape index (κ1) is 22.0. The Morgan fingerprint density at radius 2 is 1.86 bits per heavy atom. The third kappa shape index (κ3) is 7.01. The van der Waals surface area contributed by atoms with E-state index in [1.807, 2.05) is 18.7 Å². The topological polar surface area (TPSA) is 91.0 Å². The summed E-state index contributed by atoms with van der Waals surface area (Å²) in [6.07, 6.45) is 0.433. The average molecular weight is 411 g/mol. The second-order valence-electron chi connectivity index (χ2n) is 7.07. The summed E-state index contributed by atoms with van der Waals surface area (Å²) in [4.78, 5) is 39.9. The van der Waals surface area contributed by atoms with E-state index in [0.29, 0.717) is 37.8 Å². The number of carbonyl (C=O) groups is 3. The van der Waals surface area contributed by atoms with Gasteiger partial charge in [-0.15, -0.1) is 0 Å². The highest BCUT2D eigenvalue weighted by molar-refractivity contribution is 6.33. The Morgan fingerprint density at radius 3 is 2.57 bits per heavy atom. The summed E-state index contributed by atoms with van der Waals surface area (Å²) >= 11 is 5.96. The van der Waals surface area contributed by atoms with Gasteiger partial charge in [-0.05, 0) is 24.5 Å². The van der Waals surface area contributed by atoms with E-state index >= 15 is 0 Å². The lowest BCUT2D eigenvalue weighted by atomic mass is 10.2. The third-order valence-electron chi connectivity index (χ3n) is 4.19. The highest BCUT2D eigenvalue weighted by atomic mass is 35.5. The van der Waals surface area contributed by atoms with Crippen LogP contribution in [0.25, 0.3) is 0 Å². The minimum atomic E-state index is -0.478. The number of hydrazine groups is 1. The van der Waals surface area contributed by atoms with Crippen molar-refractivity contribution in [1.29, 1.82) is 0 Å². The zero-order valence-corrected chi connectivity index (χ0v) is 17.0. The van der Waals surface area contributed by atoms with Crippen molar-refractivity contribution in [3.8, 4) is 0 Å². The summed E-state index contributed by atoms with van der Waals surface area (Å²) in [5.41, 5.74) is 5.05. The highest BCUT2D eigenvalue weighted by Gasteiger charge is 2.22. The molecule has 1 aliphatic heterocycles. The predicted molar refractivity (Wildman–Crippen MR) is 106 cm³/mol. The molecule has 1 aromatic carbocycles. The maximum absolute atomic E-state index is 12.1. The van der Waals surface area contributed by atoms with E-state index in [4.69, 9.17) is 16.3 Å². The Bertz CT molecular complexity index is 698. The van der Waals surface area contributed by atoms with Crippen LogP contribution >= 0.6 is 11.6 Å². The van der Waals surface area contributed by atoms with Gasteiger partial charge in [-0.25, -0.2) is 4.79 Å². The van der Waals surface area contributed by atoms with Gasteiger partial charge in [-0.2, -0.15) is 0 Å². The first-order chi connectivity index (χ1) is 13.4. The third-order valence-corrected chi connectivity index (χ3v) is 4.52. The van der Waals surface area contributed by atoms with E-state index in [1.165, 1.54) is 0 Å². The van der Waals surface area contributed by atoms with Crippen LogP contribution in [0.15, 0.2) is 24.3 Å². The van der Waals surface area contributed by atoms with Crippen LogP contribution in [0.4, 0.5) is 4.79 Å². The monoisotopic (exact) mass is 410 g/mol. The van der Waals surface area contributed by atoms with Gasteiger partial charge in [-0.3, -0.25) is 25.3 Å². The molecule has 28 heavy (non-hydrogen) atoms. The molecule has 0 unspecified atom stereocenters. The smallest absolute Gasteiger partial charge is 0.409 e. The fourth-order valence-electron chi connectivity index (χ4n) is 2.72. The molecule has 0 aromatic heterocycles. The van der Waals surface area contributed by atoms with Gasteiger partial charge >= 0.3 is 6.09 Å². The molecule has 1 fully saturated rings. The van der Waals surface area contributed by atoms with Crippen molar-refractivity contribution in [3.63, 3.8) is 0 Å². The number of hydrogen-bond donors (Lipinski definition) is 2. The lowest BCUT2D eigenvalue weighted by Gasteiger charge is -2.21. The molecule has 0 saturated carbocycles. The van der Waals surface area contributed by atoms with Crippen LogP contribution in [-0.2, 0) is 9.53 Å². The van der Waals surface area contributed by atoms with Crippen molar-refractivity contribution < 1.29 is 19.1 Å². The first-order valence-corrected chi connectivity index (χ1v) is 9.72. The fourth-order valence-corrected chi connectivity index (χ4v) is 2.94. The van der Waals surface area contributed by atoms with Crippen LogP contribution in [0.5, 0.6) is 0 Å². The molecule has 1 saturated heterocycles. The average Bonchev–Trinajstić information content (AvgIpc) is 2.90. The number of nitrogens with one attached hydrogen (secondary N) is 2. The van der Waals surface area contributed by atoms with Crippen molar-refractivity contribution in [3.05, 3.63) is 34.9 Å². The Balaban J connectivity index is 1.74. The minimum Gasteiger partial charge on any atom is -0.449 e. The molecule has 0 atom stereocenters. The Labute approximate surface area is 170 Å². The van der Waals surface area contributed by atoms with E-state index < -0.39 is 5.91 Å². The molecule has 0 radical (unpaired) electrons. The molecule has 0 aliphatic carbocycles. The summed E-state index contributed by atoms with van der Waals surface area (Å²) in [6, 6.07) is 6.59. The molecular formula is C19H27ClN4O4. The second-order valence-corrected chi connectivity index (χ2v) is 7.48. The Morgan fingerprint density at radius 1 is 1.11 bits per heavy atom. The summed E-state index contributed by atoms with van der Waals surface area (Å²) in [5.74, 6) is -0.526. The maximum atomic E-state index is 12.1. The van der Waals surface area contributed by atoms with Crippen LogP contribution in [0.2, 0.25) is 5.02 Å². The molecule has 8 nitrogen and oxygen atoms in total. The van der Waals surface area contributed by atoms with Crippen LogP contribution in [0.1, 0.15) is 30.6 Å². The summed E-state index contributed by atoms with van der Waals surface area (Å²) < 4.78 is 5.26. The number of rotatable bonds is 5. The number of nitrogens with zero attached hydrogens (tertiary/aromatic N) is 2. The van der Waals surface area contributed by atoms with E-state index in [9.17, 15) is 14.4 Å². The maximum Gasteiger partial charge on any atom is 0.409 e. The summed E-state index contributed by atoms with van der Waals surface area (Å²) in [5, 5.41) is 0.311. The molecule has 0 bridgehead atoms. The fraction of sp³-hybridized carbons (Fsp3) is 0.526. The van der Waals surface area contributed by atoms with Gasteiger partial charge in [0, 0.05) is 26.2 Å². The predicted octanol–water partition coefficient (Wildman–Crippen LogP) is 1.90. The first-order valence-electron chi connectivity index (χ1n) is 9.34. The number of halogens is 1. The lowest BCUT2D eigenvalue weighted by Crippen LogP contribution is -2.47. The van der Waals surface area contributed by atoms with Gasteiger partial charge in [0.25, 0.3) is 11.8 Å². The van der Waals surface area contributed by atoms with Gasteiger partial charge in [0.05, 0.1) is 23.7 Å². The quantitative estimate of drug-likeness (QED) is 0.723. The largest absolute Gasteiger partial charge is 0.449 e. The van der Waals surface area contributed by atoms with Crippen molar-refractivity contribution in [1.82, 2.24) is 20.7 Å². The van der Waals surface area contributed by atoms with Gasteiger partial charge in [0.2, 0.25) is 0 Å². The molecule has 1 aliphatic rings. The molecule has 1 heterocycles. The molecular weight excluding hydrogens is 384 g/mol. The van der Waals surface area contributed by atoms with Crippen LogP contribution in [0, 0.1) is 5.92 Å². The molecule has 2 rings (SSSR count). The van der Waals surface area contributed by atoms with E-state index in [1.54, 1.807) is 29.2 Å². The van der Waals surface area contributed by atoms with Crippen LogP contribution in [-0.4, -0.2) is 67.0 Å². The lowest BCUT2D eigenvalue weighted by molar-refractivity contribution is -0.123. The number of amides is 3. The second kappa shape index (κ2) is 10.9.